The van der Waals surface area contributed by atoms with Crippen molar-refractivity contribution in [3.63, 3.8) is 0 Å². The van der Waals surface area contributed by atoms with Gasteiger partial charge in [-0.3, -0.25) is 0 Å². The predicted octanol–water partition coefficient (Wildman–Crippen LogP) is 1.94. The van der Waals surface area contributed by atoms with Crippen molar-refractivity contribution in [2.24, 2.45) is 0 Å². The molecule has 4 nitrogen and oxygen atoms in total. The number of aromatic hydroxyl groups is 1. The van der Waals surface area contributed by atoms with E-state index in [2.05, 4.69) is 15.5 Å². The zero-order chi connectivity index (χ0) is 11.5. The highest BCUT2D eigenvalue weighted by Gasteiger charge is 2.10. The highest BCUT2D eigenvalue weighted by molar-refractivity contribution is 7.14. The molecule has 0 bridgehead atoms. The quantitative estimate of drug-likeness (QED) is 0.853. The van der Waals surface area contributed by atoms with Gasteiger partial charge in [0.2, 0.25) is 0 Å². The third-order valence-corrected chi connectivity index (χ3v) is 3.29. The van der Waals surface area contributed by atoms with Gasteiger partial charge in [-0.25, -0.2) is 0 Å². The molecule has 0 radical (unpaired) electrons. The van der Waals surface area contributed by atoms with Gasteiger partial charge in [-0.2, -0.15) is 0 Å². The van der Waals surface area contributed by atoms with Gasteiger partial charge in [0.25, 0.3) is 0 Å². The van der Waals surface area contributed by atoms with E-state index < -0.39 is 0 Å². The van der Waals surface area contributed by atoms with E-state index in [9.17, 15) is 5.11 Å². The number of aromatic nitrogens is 2. The van der Waals surface area contributed by atoms with Crippen LogP contribution in [0.2, 0.25) is 0 Å². The Labute approximate surface area is 98.0 Å². The third kappa shape index (κ3) is 2.05. The van der Waals surface area contributed by atoms with Crippen LogP contribution in [0.15, 0.2) is 18.2 Å². The molecule has 1 aromatic heterocycles. The van der Waals surface area contributed by atoms with E-state index in [1.54, 1.807) is 6.07 Å². The second kappa shape index (κ2) is 4.59. The van der Waals surface area contributed by atoms with Crippen molar-refractivity contribution in [1.82, 2.24) is 15.5 Å². The molecule has 16 heavy (non-hydrogen) atoms. The topological polar surface area (TPSA) is 58.0 Å². The molecule has 0 aliphatic carbocycles. The molecule has 0 aliphatic rings. The van der Waals surface area contributed by atoms with Crippen LogP contribution in [-0.2, 0) is 6.54 Å². The molecular formula is C11H13N3OS. The first-order valence-corrected chi connectivity index (χ1v) is 5.80. The molecule has 0 saturated carbocycles. The zero-order valence-electron chi connectivity index (χ0n) is 9.19. The molecule has 0 spiro atoms. The summed E-state index contributed by atoms with van der Waals surface area (Å²) >= 11 is 1.54. The minimum absolute atomic E-state index is 0.294. The number of nitrogens with zero attached hydrogens (tertiary/aromatic N) is 2. The van der Waals surface area contributed by atoms with Gasteiger partial charge in [-0.1, -0.05) is 23.5 Å². The summed E-state index contributed by atoms with van der Waals surface area (Å²) in [6, 6.07) is 5.43. The SMILES string of the molecule is CNCc1nnc(-c2cccc(O)c2C)s1. The molecule has 2 N–H and O–H groups in total. The van der Waals surface area contributed by atoms with Crippen molar-refractivity contribution in [2.75, 3.05) is 7.05 Å². The number of benzene rings is 1. The van der Waals surface area contributed by atoms with Crippen LogP contribution >= 0.6 is 11.3 Å². The van der Waals surface area contributed by atoms with Crippen LogP contribution in [0.5, 0.6) is 5.75 Å². The van der Waals surface area contributed by atoms with Crippen LogP contribution in [0.1, 0.15) is 10.6 Å². The second-order valence-corrected chi connectivity index (χ2v) is 4.54. The number of phenolic OH excluding ortho intramolecular Hbond substituents is 1. The van der Waals surface area contributed by atoms with Crippen LogP contribution < -0.4 is 5.32 Å². The smallest absolute Gasteiger partial charge is 0.148 e. The van der Waals surface area contributed by atoms with Crippen molar-refractivity contribution in [2.45, 2.75) is 13.5 Å². The fourth-order valence-corrected chi connectivity index (χ4v) is 2.37. The van der Waals surface area contributed by atoms with Gasteiger partial charge in [0.15, 0.2) is 0 Å². The summed E-state index contributed by atoms with van der Waals surface area (Å²) in [4.78, 5) is 0. The van der Waals surface area contributed by atoms with Gasteiger partial charge >= 0.3 is 0 Å². The van der Waals surface area contributed by atoms with Crippen LogP contribution in [-0.4, -0.2) is 22.4 Å². The molecule has 84 valence electrons. The lowest BCUT2D eigenvalue weighted by Crippen LogP contribution is -2.04. The van der Waals surface area contributed by atoms with E-state index in [1.165, 1.54) is 11.3 Å². The summed E-state index contributed by atoms with van der Waals surface area (Å²) in [5.41, 5.74) is 1.79. The lowest BCUT2D eigenvalue weighted by molar-refractivity contribution is 0.471. The largest absolute Gasteiger partial charge is 0.508 e. The van der Waals surface area contributed by atoms with E-state index in [0.29, 0.717) is 5.75 Å². The fraction of sp³-hybridized carbons (Fsp3) is 0.273. The van der Waals surface area contributed by atoms with Crippen molar-refractivity contribution in [3.05, 3.63) is 28.8 Å². The van der Waals surface area contributed by atoms with Gasteiger partial charge < -0.3 is 10.4 Å². The van der Waals surface area contributed by atoms with E-state index in [4.69, 9.17) is 0 Å². The lowest BCUT2D eigenvalue weighted by Gasteiger charge is -2.02. The average molecular weight is 235 g/mol. The zero-order valence-corrected chi connectivity index (χ0v) is 10.0. The van der Waals surface area contributed by atoms with Crippen molar-refractivity contribution >= 4 is 11.3 Å². The fourth-order valence-electron chi connectivity index (χ4n) is 1.44. The molecule has 0 aliphatic heterocycles. The van der Waals surface area contributed by atoms with Crippen molar-refractivity contribution in [1.29, 1.82) is 0 Å². The number of hydrogen-bond donors (Lipinski definition) is 2. The number of nitrogens with one attached hydrogen (secondary N) is 1. The first-order valence-electron chi connectivity index (χ1n) is 4.98. The van der Waals surface area contributed by atoms with E-state index in [1.807, 2.05) is 26.1 Å². The first kappa shape index (κ1) is 11.0. The molecule has 5 heteroatoms. The molecule has 0 amide bonds. The summed E-state index contributed by atoms with van der Waals surface area (Å²) in [7, 11) is 1.88. The Morgan fingerprint density at radius 2 is 2.19 bits per heavy atom. The van der Waals surface area contributed by atoms with Crippen LogP contribution in [0.25, 0.3) is 10.6 Å². The standard InChI is InChI=1S/C11H13N3OS/c1-7-8(4-3-5-9(7)15)11-14-13-10(16-11)6-12-2/h3-5,12,15H,6H2,1-2H3. The molecular weight excluding hydrogens is 222 g/mol. The Morgan fingerprint density at radius 1 is 1.38 bits per heavy atom. The highest BCUT2D eigenvalue weighted by Crippen LogP contribution is 2.30. The summed E-state index contributed by atoms with van der Waals surface area (Å²) in [6.07, 6.45) is 0. The minimum atomic E-state index is 0.294. The third-order valence-electron chi connectivity index (χ3n) is 2.33. The monoisotopic (exact) mass is 235 g/mol. The van der Waals surface area contributed by atoms with Crippen LogP contribution in [0, 0.1) is 6.92 Å². The molecule has 1 aromatic carbocycles. The maximum absolute atomic E-state index is 9.62. The summed E-state index contributed by atoms with van der Waals surface area (Å²) in [5.74, 6) is 0.294. The summed E-state index contributed by atoms with van der Waals surface area (Å²) in [5, 5.41) is 22.6. The van der Waals surface area contributed by atoms with E-state index >= 15 is 0 Å². The van der Waals surface area contributed by atoms with Crippen molar-refractivity contribution < 1.29 is 5.11 Å². The second-order valence-electron chi connectivity index (χ2n) is 3.48. The molecule has 0 saturated heterocycles. The molecule has 2 rings (SSSR count). The minimum Gasteiger partial charge on any atom is -0.508 e. The van der Waals surface area contributed by atoms with Gasteiger partial charge in [-0.15, -0.1) is 10.2 Å². The van der Waals surface area contributed by atoms with Crippen LogP contribution in [0.3, 0.4) is 0 Å². The van der Waals surface area contributed by atoms with Crippen LogP contribution in [0.4, 0.5) is 0 Å². The molecule has 1 heterocycles. The molecule has 0 unspecified atom stereocenters. The normalized spacial score (nSPS) is 10.6. The van der Waals surface area contributed by atoms with Gasteiger partial charge in [0, 0.05) is 17.7 Å². The summed E-state index contributed by atoms with van der Waals surface area (Å²) in [6.45, 7) is 2.60. The number of phenols is 1. The summed E-state index contributed by atoms with van der Waals surface area (Å²) < 4.78 is 0. The lowest BCUT2D eigenvalue weighted by atomic mass is 10.1. The predicted molar refractivity (Wildman–Crippen MR) is 64.5 cm³/mol. The Hall–Kier alpha value is -1.46. The van der Waals surface area contributed by atoms with E-state index in [0.717, 1.165) is 27.7 Å². The highest BCUT2D eigenvalue weighted by atomic mass is 32.1. The molecule has 0 atom stereocenters. The number of hydrogen-bond acceptors (Lipinski definition) is 5. The maximum atomic E-state index is 9.62. The van der Waals surface area contributed by atoms with E-state index in [-0.39, 0.29) is 0 Å². The Bertz CT molecular complexity index is 496. The average Bonchev–Trinajstić information content (AvgIpc) is 2.71. The van der Waals surface area contributed by atoms with Gasteiger partial charge in [-0.05, 0) is 20.0 Å². The Kier molecular flexibility index (Phi) is 3.17. The van der Waals surface area contributed by atoms with Gasteiger partial charge in [0.1, 0.15) is 15.8 Å². The maximum Gasteiger partial charge on any atom is 0.148 e. The number of rotatable bonds is 3. The Balaban J connectivity index is 2.39. The van der Waals surface area contributed by atoms with Crippen molar-refractivity contribution in [3.8, 4) is 16.3 Å². The molecule has 2 aromatic rings. The Morgan fingerprint density at radius 3 is 2.94 bits per heavy atom. The van der Waals surface area contributed by atoms with Gasteiger partial charge in [0.05, 0.1) is 0 Å². The first-order chi connectivity index (χ1) is 7.72. The molecule has 0 fully saturated rings.